The zero-order valence-corrected chi connectivity index (χ0v) is 16.7. The van der Waals surface area contributed by atoms with Crippen molar-refractivity contribution in [3.8, 4) is 11.5 Å². The van der Waals surface area contributed by atoms with Gasteiger partial charge in [0.05, 0.1) is 0 Å². The van der Waals surface area contributed by atoms with E-state index in [0.717, 1.165) is 21.9 Å². The molecule has 0 amide bonds. The van der Waals surface area contributed by atoms with Crippen LogP contribution in [-0.2, 0) is 0 Å². The van der Waals surface area contributed by atoms with Crippen LogP contribution in [0.2, 0.25) is 0 Å². The van der Waals surface area contributed by atoms with Gasteiger partial charge in [0.25, 0.3) is 0 Å². The predicted molar refractivity (Wildman–Crippen MR) is 120 cm³/mol. The van der Waals surface area contributed by atoms with Crippen LogP contribution in [0.3, 0.4) is 0 Å². The summed E-state index contributed by atoms with van der Waals surface area (Å²) in [5.74, 6) is 1.63. The number of rotatable bonds is 3. The van der Waals surface area contributed by atoms with Crippen LogP contribution < -0.4 is 30.9 Å². The first-order chi connectivity index (χ1) is 14.2. The van der Waals surface area contributed by atoms with Crippen LogP contribution in [-0.4, -0.2) is 25.2 Å². The normalized spacial score (nSPS) is 13.7. The fourth-order valence-corrected chi connectivity index (χ4v) is 9.37. The van der Waals surface area contributed by atoms with Crippen LogP contribution in [0.1, 0.15) is 0 Å². The van der Waals surface area contributed by atoms with Crippen LogP contribution in [0.5, 0.6) is 11.5 Å². The quantitative estimate of drug-likeness (QED) is 0.446. The Morgan fingerprint density at radius 1 is 0.586 bits per heavy atom. The molecule has 0 unspecified atom stereocenters. The number of benzene rings is 4. The maximum absolute atomic E-state index is 9.86. The summed E-state index contributed by atoms with van der Waals surface area (Å²) in [5, 5.41) is 24.4. The first kappa shape index (κ1) is 17.9. The van der Waals surface area contributed by atoms with E-state index in [1.807, 2.05) is 42.5 Å². The van der Waals surface area contributed by atoms with Gasteiger partial charge in [-0.2, -0.15) is 0 Å². The zero-order chi connectivity index (χ0) is 19.8. The standard InChI is InChI=1S/C24H19BO3Si/c26-25(27)18-15-16-22-24(17-18)29(19-9-3-1-4-10-19,20-11-5-2-6-12-20)23-14-8-7-13-21(23)28-22/h1-17,26-27H. The minimum Gasteiger partial charge on any atom is -0.458 e. The molecule has 5 rings (SSSR count). The van der Waals surface area contributed by atoms with Gasteiger partial charge < -0.3 is 14.8 Å². The number of para-hydroxylation sites is 1. The average Bonchev–Trinajstić information content (AvgIpc) is 2.78. The minimum absolute atomic E-state index is 0.468. The molecule has 0 atom stereocenters. The van der Waals surface area contributed by atoms with Crippen molar-refractivity contribution in [2.45, 2.75) is 0 Å². The fraction of sp³-hybridized carbons (Fsp3) is 0. The average molecular weight is 394 g/mol. The van der Waals surface area contributed by atoms with Crippen LogP contribution in [0.15, 0.2) is 103 Å². The smallest absolute Gasteiger partial charge is 0.458 e. The summed E-state index contributed by atoms with van der Waals surface area (Å²) in [5.41, 5.74) is 0.468. The molecule has 0 fully saturated rings. The van der Waals surface area contributed by atoms with Gasteiger partial charge in [0.1, 0.15) is 11.5 Å². The Balaban J connectivity index is 1.95. The molecule has 2 N–H and O–H groups in total. The lowest BCUT2D eigenvalue weighted by Gasteiger charge is -2.39. The summed E-state index contributed by atoms with van der Waals surface area (Å²) < 4.78 is 6.28. The van der Waals surface area contributed by atoms with Crippen LogP contribution in [0, 0.1) is 0 Å². The van der Waals surface area contributed by atoms with Crippen molar-refractivity contribution < 1.29 is 14.8 Å². The first-order valence-electron chi connectivity index (χ1n) is 9.60. The van der Waals surface area contributed by atoms with E-state index in [-0.39, 0.29) is 0 Å². The second-order valence-corrected chi connectivity index (χ2v) is 10.9. The lowest BCUT2D eigenvalue weighted by atomic mass is 9.80. The molecule has 140 valence electrons. The lowest BCUT2D eigenvalue weighted by Crippen LogP contribution is -2.76. The fourth-order valence-electron chi connectivity index (χ4n) is 4.38. The van der Waals surface area contributed by atoms with Crippen LogP contribution in [0.25, 0.3) is 0 Å². The van der Waals surface area contributed by atoms with Crippen molar-refractivity contribution in [2.24, 2.45) is 0 Å². The molecule has 0 saturated heterocycles. The van der Waals surface area contributed by atoms with E-state index in [2.05, 4.69) is 54.6 Å². The molecule has 5 heteroatoms. The molecule has 4 aromatic rings. The van der Waals surface area contributed by atoms with Crippen molar-refractivity contribution in [1.82, 2.24) is 0 Å². The van der Waals surface area contributed by atoms with Gasteiger partial charge in [-0.3, -0.25) is 0 Å². The van der Waals surface area contributed by atoms with Gasteiger partial charge in [0.2, 0.25) is 0 Å². The van der Waals surface area contributed by atoms with Crippen LogP contribution in [0.4, 0.5) is 0 Å². The molecule has 0 bridgehead atoms. The van der Waals surface area contributed by atoms with Crippen LogP contribution >= 0.6 is 0 Å². The molecule has 29 heavy (non-hydrogen) atoms. The topological polar surface area (TPSA) is 49.7 Å². The molecule has 0 aliphatic carbocycles. The first-order valence-corrected chi connectivity index (χ1v) is 11.6. The lowest BCUT2D eigenvalue weighted by molar-refractivity contribution is 0.425. The summed E-state index contributed by atoms with van der Waals surface area (Å²) in [6.45, 7) is 0. The molecular weight excluding hydrogens is 375 g/mol. The van der Waals surface area contributed by atoms with Crippen molar-refractivity contribution in [3.63, 3.8) is 0 Å². The van der Waals surface area contributed by atoms with Crippen molar-refractivity contribution in [1.29, 1.82) is 0 Å². The van der Waals surface area contributed by atoms with Gasteiger partial charge >= 0.3 is 7.12 Å². The Morgan fingerprint density at radius 2 is 1.14 bits per heavy atom. The highest BCUT2D eigenvalue weighted by Gasteiger charge is 2.48. The highest BCUT2D eigenvalue weighted by Crippen LogP contribution is 2.28. The van der Waals surface area contributed by atoms with Crippen molar-refractivity contribution in [3.05, 3.63) is 103 Å². The highest BCUT2D eigenvalue weighted by molar-refractivity contribution is 7.20. The third-order valence-electron chi connectivity index (χ3n) is 5.63. The molecule has 0 aromatic heterocycles. The molecule has 0 radical (unpaired) electrons. The second kappa shape index (κ2) is 7.04. The summed E-state index contributed by atoms with van der Waals surface area (Å²) in [4.78, 5) is 0. The van der Waals surface area contributed by atoms with Gasteiger partial charge in [-0.05, 0) is 38.3 Å². The van der Waals surface area contributed by atoms with E-state index in [1.54, 1.807) is 6.07 Å². The van der Waals surface area contributed by atoms with Gasteiger partial charge in [-0.1, -0.05) is 91.0 Å². The Morgan fingerprint density at radius 3 is 1.76 bits per heavy atom. The molecule has 0 saturated carbocycles. The largest absolute Gasteiger partial charge is 0.488 e. The monoisotopic (exact) mass is 394 g/mol. The van der Waals surface area contributed by atoms with Gasteiger partial charge in [0.15, 0.2) is 8.07 Å². The molecule has 1 heterocycles. The summed E-state index contributed by atoms with van der Waals surface area (Å²) in [6.07, 6.45) is 0. The van der Waals surface area contributed by atoms with E-state index >= 15 is 0 Å². The SMILES string of the molecule is OB(O)c1ccc2c(c1)[Si](c1ccccc1)(c1ccccc1)c1ccccc1O2. The number of hydrogen-bond donors (Lipinski definition) is 2. The second-order valence-electron chi connectivity index (χ2n) is 7.21. The summed E-state index contributed by atoms with van der Waals surface area (Å²) in [6, 6.07) is 34.7. The van der Waals surface area contributed by atoms with E-state index < -0.39 is 15.2 Å². The number of hydrogen-bond acceptors (Lipinski definition) is 3. The summed E-state index contributed by atoms with van der Waals surface area (Å²) in [7, 11) is -4.23. The van der Waals surface area contributed by atoms with Crippen molar-refractivity contribution >= 4 is 41.4 Å². The van der Waals surface area contributed by atoms with Crippen molar-refractivity contribution in [2.75, 3.05) is 0 Å². The third kappa shape index (κ3) is 2.75. The maximum Gasteiger partial charge on any atom is 0.488 e. The minimum atomic E-state index is -2.70. The number of fused-ring (bicyclic) bond motifs is 2. The Labute approximate surface area is 171 Å². The van der Waals surface area contributed by atoms with Gasteiger partial charge in [-0.25, -0.2) is 0 Å². The van der Waals surface area contributed by atoms with Gasteiger partial charge in [0, 0.05) is 0 Å². The molecule has 1 aliphatic rings. The van der Waals surface area contributed by atoms with E-state index in [1.165, 1.54) is 10.4 Å². The third-order valence-corrected chi connectivity index (χ3v) is 10.4. The molecule has 1 aliphatic heterocycles. The maximum atomic E-state index is 9.86. The Bertz CT molecular complexity index is 1120. The molecule has 3 nitrogen and oxygen atoms in total. The highest BCUT2D eigenvalue weighted by atomic mass is 28.3. The molecule has 4 aromatic carbocycles. The van der Waals surface area contributed by atoms with E-state index in [0.29, 0.717) is 5.46 Å². The zero-order valence-electron chi connectivity index (χ0n) is 15.7. The number of ether oxygens (including phenoxy) is 1. The van der Waals surface area contributed by atoms with E-state index in [9.17, 15) is 10.0 Å². The summed E-state index contributed by atoms with van der Waals surface area (Å²) >= 11 is 0. The Kier molecular flexibility index (Phi) is 4.36. The molecular formula is C24H19BO3Si. The van der Waals surface area contributed by atoms with Gasteiger partial charge in [-0.15, -0.1) is 0 Å². The Hall–Kier alpha value is -3.12. The predicted octanol–water partition coefficient (Wildman–Crippen LogP) is 0.849. The molecule has 0 spiro atoms. The van der Waals surface area contributed by atoms with E-state index in [4.69, 9.17) is 4.74 Å².